The van der Waals surface area contributed by atoms with E-state index in [-0.39, 0.29) is 27.6 Å². The predicted molar refractivity (Wildman–Crippen MR) is 76.9 cm³/mol. The Kier molecular flexibility index (Phi) is 4.04. The fraction of sp³-hybridized carbons (Fsp3) is 0. The molecule has 0 radical (unpaired) electrons. The third-order valence-corrected chi connectivity index (χ3v) is 3.00. The molecule has 0 fully saturated rings. The van der Waals surface area contributed by atoms with E-state index in [0.717, 1.165) is 12.1 Å². The number of nitrogens with zero attached hydrogens (tertiary/aromatic N) is 1. The maximum Gasteiger partial charge on any atom is 0.271 e. The van der Waals surface area contributed by atoms with E-state index < -0.39 is 16.6 Å². The third-order valence-electron chi connectivity index (χ3n) is 2.67. The van der Waals surface area contributed by atoms with E-state index in [1.54, 1.807) is 0 Å². The van der Waals surface area contributed by atoms with Gasteiger partial charge in [0.1, 0.15) is 5.82 Å². The second-order valence-corrected chi connectivity index (χ2v) is 4.52. The molecule has 0 heterocycles. The molecule has 108 valence electrons. The Labute approximate surface area is 123 Å². The van der Waals surface area contributed by atoms with Crippen LogP contribution in [0, 0.1) is 15.9 Å². The van der Waals surface area contributed by atoms with Crippen LogP contribution in [0.15, 0.2) is 36.4 Å². The number of nitro benzene ring substituents is 1. The summed E-state index contributed by atoms with van der Waals surface area (Å²) in [6.45, 7) is 0. The van der Waals surface area contributed by atoms with Crippen molar-refractivity contribution >= 4 is 34.6 Å². The topological polar surface area (TPSA) is 98.3 Å². The number of carbonyl (C=O) groups is 1. The normalized spacial score (nSPS) is 10.2. The molecule has 0 saturated carbocycles. The molecule has 0 spiro atoms. The van der Waals surface area contributed by atoms with Crippen molar-refractivity contribution < 1.29 is 14.1 Å². The van der Waals surface area contributed by atoms with E-state index in [1.807, 2.05) is 0 Å². The second-order valence-electron chi connectivity index (χ2n) is 4.11. The number of anilines is 2. The van der Waals surface area contributed by atoms with Crippen LogP contribution in [0.3, 0.4) is 0 Å². The minimum absolute atomic E-state index is 0.0178. The summed E-state index contributed by atoms with van der Waals surface area (Å²) in [4.78, 5) is 22.0. The fourth-order valence-electron chi connectivity index (χ4n) is 1.59. The Balaban J connectivity index is 2.28. The number of benzene rings is 2. The molecule has 2 aromatic rings. The molecule has 0 bridgehead atoms. The quantitative estimate of drug-likeness (QED) is 0.516. The van der Waals surface area contributed by atoms with Crippen molar-refractivity contribution in [1.29, 1.82) is 0 Å². The summed E-state index contributed by atoms with van der Waals surface area (Å²) >= 11 is 5.86. The Hall–Kier alpha value is -2.67. The lowest BCUT2D eigenvalue weighted by atomic mass is 10.2. The molecular formula is C13H9ClFN3O3. The lowest BCUT2D eigenvalue weighted by Crippen LogP contribution is -2.13. The van der Waals surface area contributed by atoms with Crippen molar-refractivity contribution in [2.24, 2.45) is 0 Å². The smallest absolute Gasteiger partial charge is 0.271 e. The highest BCUT2D eigenvalue weighted by molar-refractivity contribution is 6.34. The summed E-state index contributed by atoms with van der Waals surface area (Å²) in [5.74, 6) is -1.39. The first kappa shape index (κ1) is 14.7. The lowest BCUT2D eigenvalue weighted by molar-refractivity contribution is -0.384. The molecule has 0 aliphatic carbocycles. The van der Waals surface area contributed by atoms with Gasteiger partial charge in [-0.25, -0.2) is 4.39 Å². The largest absolute Gasteiger partial charge is 0.396 e. The minimum atomic E-state index is -0.729. The van der Waals surface area contributed by atoms with Crippen molar-refractivity contribution in [3.05, 3.63) is 62.9 Å². The number of carbonyl (C=O) groups excluding carboxylic acids is 1. The SMILES string of the molecule is Nc1ccc(C(=O)Nc2cc([N+](=O)[O-])ccc2Cl)cc1F. The number of hydrogen-bond acceptors (Lipinski definition) is 4. The van der Waals surface area contributed by atoms with Crippen LogP contribution >= 0.6 is 11.6 Å². The number of nitrogens with two attached hydrogens (primary N) is 1. The van der Waals surface area contributed by atoms with E-state index in [0.29, 0.717) is 0 Å². The van der Waals surface area contributed by atoms with Crippen LogP contribution in [0.1, 0.15) is 10.4 Å². The van der Waals surface area contributed by atoms with Gasteiger partial charge >= 0.3 is 0 Å². The molecule has 2 rings (SSSR count). The number of non-ortho nitro benzene ring substituents is 1. The van der Waals surface area contributed by atoms with Crippen LogP contribution in [0.2, 0.25) is 5.02 Å². The number of halogens is 2. The third kappa shape index (κ3) is 3.26. The zero-order valence-electron chi connectivity index (χ0n) is 10.5. The van der Waals surface area contributed by atoms with E-state index in [9.17, 15) is 19.3 Å². The number of nitrogens with one attached hydrogen (secondary N) is 1. The summed E-state index contributed by atoms with van der Waals surface area (Å²) in [5, 5.41) is 13.2. The Bertz CT molecular complexity index is 737. The van der Waals surface area contributed by atoms with Gasteiger partial charge in [0.2, 0.25) is 0 Å². The van der Waals surface area contributed by atoms with Gasteiger partial charge in [-0.15, -0.1) is 0 Å². The van der Waals surface area contributed by atoms with Gasteiger partial charge in [-0.3, -0.25) is 14.9 Å². The van der Waals surface area contributed by atoms with Crippen LogP contribution in [-0.4, -0.2) is 10.8 Å². The van der Waals surface area contributed by atoms with E-state index in [4.69, 9.17) is 17.3 Å². The summed E-state index contributed by atoms with van der Waals surface area (Å²) in [6.07, 6.45) is 0. The molecule has 0 aromatic heterocycles. The highest BCUT2D eigenvalue weighted by Gasteiger charge is 2.14. The standard InChI is InChI=1S/C13H9ClFN3O3/c14-9-3-2-8(18(20)21)6-12(9)17-13(19)7-1-4-11(16)10(15)5-7/h1-6H,16H2,(H,17,19). The first-order chi connectivity index (χ1) is 9.88. The van der Waals surface area contributed by atoms with Gasteiger partial charge < -0.3 is 11.1 Å². The second kappa shape index (κ2) is 5.76. The number of nitro groups is 1. The Morgan fingerprint density at radius 1 is 1.29 bits per heavy atom. The molecule has 2 aromatic carbocycles. The summed E-state index contributed by atoms with van der Waals surface area (Å²) in [5.41, 5.74) is 5.09. The monoisotopic (exact) mass is 309 g/mol. The average molecular weight is 310 g/mol. The van der Waals surface area contributed by atoms with E-state index in [2.05, 4.69) is 5.32 Å². The first-order valence-electron chi connectivity index (χ1n) is 5.69. The van der Waals surface area contributed by atoms with Gasteiger partial charge in [-0.1, -0.05) is 11.6 Å². The summed E-state index contributed by atoms with van der Waals surface area (Å²) in [7, 11) is 0. The molecule has 0 saturated heterocycles. The number of rotatable bonds is 3. The molecule has 21 heavy (non-hydrogen) atoms. The molecular weight excluding hydrogens is 301 g/mol. The summed E-state index contributed by atoms with van der Waals surface area (Å²) in [6, 6.07) is 7.17. The van der Waals surface area contributed by atoms with Crippen LogP contribution in [-0.2, 0) is 0 Å². The van der Waals surface area contributed by atoms with Crippen LogP contribution in [0.25, 0.3) is 0 Å². The predicted octanol–water partition coefficient (Wildman–Crippen LogP) is 3.22. The molecule has 0 aliphatic heterocycles. The van der Waals surface area contributed by atoms with Crippen molar-refractivity contribution in [3.63, 3.8) is 0 Å². The van der Waals surface area contributed by atoms with Gasteiger partial charge in [0.15, 0.2) is 0 Å². The Morgan fingerprint density at radius 3 is 2.62 bits per heavy atom. The molecule has 0 unspecified atom stereocenters. The fourth-order valence-corrected chi connectivity index (χ4v) is 1.75. The highest BCUT2D eigenvalue weighted by Crippen LogP contribution is 2.27. The average Bonchev–Trinajstić information content (AvgIpc) is 2.43. The van der Waals surface area contributed by atoms with E-state index >= 15 is 0 Å². The zero-order chi connectivity index (χ0) is 15.6. The van der Waals surface area contributed by atoms with Crippen molar-refractivity contribution in [1.82, 2.24) is 0 Å². The number of amides is 1. The van der Waals surface area contributed by atoms with Crippen LogP contribution < -0.4 is 11.1 Å². The maximum absolute atomic E-state index is 13.3. The maximum atomic E-state index is 13.3. The number of hydrogen-bond donors (Lipinski definition) is 2. The molecule has 1 amide bonds. The van der Waals surface area contributed by atoms with Gasteiger partial charge in [-0.05, 0) is 24.3 Å². The molecule has 3 N–H and O–H groups in total. The Morgan fingerprint density at radius 2 is 2.00 bits per heavy atom. The lowest BCUT2D eigenvalue weighted by Gasteiger charge is -2.07. The molecule has 6 nitrogen and oxygen atoms in total. The van der Waals surface area contributed by atoms with Crippen LogP contribution in [0.5, 0.6) is 0 Å². The van der Waals surface area contributed by atoms with Gasteiger partial charge in [0.05, 0.1) is 21.3 Å². The van der Waals surface area contributed by atoms with Gasteiger partial charge in [0, 0.05) is 17.7 Å². The van der Waals surface area contributed by atoms with Gasteiger partial charge in [0.25, 0.3) is 11.6 Å². The van der Waals surface area contributed by atoms with Gasteiger partial charge in [-0.2, -0.15) is 0 Å². The van der Waals surface area contributed by atoms with Crippen molar-refractivity contribution in [3.8, 4) is 0 Å². The van der Waals surface area contributed by atoms with E-state index in [1.165, 1.54) is 24.3 Å². The van der Waals surface area contributed by atoms with Crippen molar-refractivity contribution in [2.45, 2.75) is 0 Å². The number of nitrogen functional groups attached to an aromatic ring is 1. The minimum Gasteiger partial charge on any atom is -0.396 e. The zero-order valence-corrected chi connectivity index (χ0v) is 11.2. The first-order valence-corrected chi connectivity index (χ1v) is 6.06. The highest BCUT2D eigenvalue weighted by atomic mass is 35.5. The molecule has 0 aliphatic rings. The molecule has 0 atom stereocenters. The molecule has 8 heteroatoms. The van der Waals surface area contributed by atoms with Crippen LogP contribution in [0.4, 0.5) is 21.5 Å². The van der Waals surface area contributed by atoms with Crippen molar-refractivity contribution in [2.75, 3.05) is 11.1 Å². The summed E-state index contributed by atoms with van der Waals surface area (Å²) < 4.78 is 13.3.